The van der Waals surface area contributed by atoms with E-state index in [2.05, 4.69) is 6.92 Å². The van der Waals surface area contributed by atoms with Gasteiger partial charge < -0.3 is 0 Å². The van der Waals surface area contributed by atoms with Gasteiger partial charge in [-0.15, -0.1) is 0 Å². The summed E-state index contributed by atoms with van der Waals surface area (Å²) < 4.78 is 0. The van der Waals surface area contributed by atoms with Crippen LogP contribution in [0.3, 0.4) is 0 Å². The van der Waals surface area contributed by atoms with Crippen molar-refractivity contribution >= 4 is 11.6 Å². The quantitative estimate of drug-likeness (QED) is 0.527. The Balaban J connectivity index is 2.91. The van der Waals surface area contributed by atoms with Crippen LogP contribution in [0, 0.1) is 5.41 Å². The summed E-state index contributed by atoms with van der Waals surface area (Å²) in [6, 6.07) is 0. The van der Waals surface area contributed by atoms with Crippen molar-refractivity contribution in [3.05, 3.63) is 12.2 Å². The maximum atomic E-state index is 12.0. The minimum Gasteiger partial charge on any atom is -0.298 e. The molecule has 16 heavy (non-hydrogen) atoms. The van der Waals surface area contributed by atoms with E-state index in [1.165, 1.54) is 0 Å². The fourth-order valence-electron chi connectivity index (χ4n) is 2.38. The molecule has 2 heteroatoms. The third kappa shape index (κ3) is 2.60. The van der Waals surface area contributed by atoms with Crippen molar-refractivity contribution in [2.75, 3.05) is 0 Å². The lowest BCUT2D eigenvalue weighted by atomic mass is 9.69. The van der Waals surface area contributed by atoms with E-state index >= 15 is 0 Å². The molecule has 0 aromatic carbocycles. The van der Waals surface area contributed by atoms with Crippen molar-refractivity contribution in [2.24, 2.45) is 5.41 Å². The lowest BCUT2D eigenvalue weighted by Gasteiger charge is -2.31. The Morgan fingerprint density at radius 3 is 2.69 bits per heavy atom. The molecule has 1 saturated carbocycles. The van der Waals surface area contributed by atoms with Crippen molar-refractivity contribution in [2.45, 2.75) is 58.8 Å². The zero-order chi connectivity index (χ0) is 12.0. The fraction of sp³-hybridized carbons (Fsp3) is 0.714. The van der Waals surface area contributed by atoms with Crippen molar-refractivity contribution in [1.82, 2.24) is 0 Å². The maximum Gasteiger partial charge on any atom is 0.150 e. The van der Waals surface area contributed by atoms with E-state index in [0.717, 1.165) is 32.1 Å². The number of carbonyl (C=O) groups excluding carboxylic acids is 2. The van der Waals surface area contributed by atoms with Crippen LogP contribution in [0.15, 0.2) is 12.2 Å². The van der Waals surface area contributed by atoms with Gasteiger partial charge in [0.2, 0.25) is 0 Å². The van der Waals surface area contributed by atoms with Gasteiger partial charge in [0.15, 0.2) is 0 Å². The molecular formula is C14H22O2. The van der Waals surface area contributed by atoms with Crippen LogP contribution in [0.25, 0.3) is 0 Å². The molecule has 1 rings (SSSR count). The molecule has 1 aliphatic carbocycles. The van der Waals surface area contributed by atoms with Gasteiger partial charge in [-0.25, -0.2) is 0 Å². The predicted octanol–water partition coefficient (Wildman–Crippen LogP) is 3.45. The SMILES string of the molecule is CCC/C=C/C1(C(=O)CC)CCCCC1=O. The van der Waals surface area contributed by atoms with Gasteiger partial charge in [-0.1, -0.05) is 38.8 Å². The summed E-state index contributed by atoms with van der Waals surface area (Å²) in [5.74, 6) is 0.238. The fourth-order valence-corrected chi connectivity index (χ4v) is 2.38. The highest BCUT2D eigenvalue weighted by molar-refractivity contribution is 6.09. The third-order valence-corrected chi connectivity index (χ3v) is 3.40. The van der Waals surface area contributed by atoms with Crippen LogP contribution in [0.5, 0.6) is 0 Å². The first kappa shape index (κ1) is 13.1. The van der Waals surface area contributed by atoms with Crippen LogP contribution in [0.4, 0.5) is 0 Å². The first-order chi connectivity index (χ1) is 7.67. The molecule has 0 aromatic heterocycles. The molecule has 0 radical (unpaired) electrons. The third-order valence-electron chi connectivity index (χ3n) is 3.40. The van der Waals surface area contributed by atoms with E-state index in [-0.39, 0.29) is 11.6 Å². The highest BCUT2D eigenvalue weighted by Gasteiger charge is 2.42. The number of allylic oxidation sites excluding steroid dienone is 2. The number of Topliss-reactive ketones (excluding diaryl/α,β-unsaturated/α-hetero) is 2. The normalized spacial score (nSPS) is 26.2. The van der Waals surface area contributed by atoms with E-state index in [1.54, 1.807) is 0 Å². The first-order valence-corrected chi connectivity index (χ1v) is 6.41. The molecule has 2 nitrogen and oxygen atoms in total. The highest BCUT2D eigenvalue weighted by atomic mass is 16.2. The summed E-state index contributed by atoms with van der Waals surface area (Å²) in [6.07, 6.45) is 9.60. The molecule has 1 aliphatic rings. The van der Waals surface area contributed by atoms with E-state index < -0.39 is 5.41 Å². The van der Waals surface area contributed by atoms with Gasteiger partial charge in [-0.3, -0.25) is 9.59 Å². The number of hydrogen-bond donors (Lipinski definition) is 0. The topological polar surface area (TPSA) is 34.1 Å². The van der Waals surface area contributed by atoms with Gasteiger partial charge in [0.1, 0.15) is 17.0 Å². The van der Waals surface area contributed by atoms with Gasteiger partial charge in [0.05, 0.1) is 0 Å². The van der Waals surface area contributed by atoms with Crippen molar-refractivity contribution in [1.29, 1.82) is 0 Å². The van der Waals surface area contributed by atoms with Crippen LogP contribution in [-0.4, -0.2) is 11.6 Å². The maximum absolute atomic E-state index is 12.0. The Labute approximate surface area is 98.1 Å². The van der Waals surface area contributed by atoms with E-state index in [4.69, 9.17) is 0 Å². The second-order valence-electron chi connectivity index (χ2n) is 4.57. The van der Waals surface area contributed by atoms with E-state index in [9.17, 15) is 9.59 Å². The molecule has 0 N–H and O–H groups in total. The van der Waals surface area contributed by atoms with E-state index in [0.29, 0.717) is 12.8 Å². The van der Waals surface area contributed by atoms with Gasteiger partial charge in [0.25, 0.3) is 0 Å². The predicted molar refractivity (Wildman–Crippen MR) is 65.3 cm³/mol. The smallest absolute Gasteiger partial charge is 0.150 e. The van der Waals surface area contributed by atoms with Crippen LogP contribution >= 0.6 is 0 Å². The van der Waals surface area contributed by atoms with Crippen LogP contribution in [0.1, 0.15) is 58.8 Å². The molecule has 1 atom stereocenters. The van der Waals surface area contributed by atoms with Crippen LogP contribution < -0.4 is 0 Å². The molecule has 1 fully saturated rings. The molecule has 0 amide bonds. The summed E-state index contributed by atoms with van der Waals surface area (Å²) in [5, 5.41) is 0. The Bertz CT molecular complexity index is 281. The van der Waals surface area contributed by atoms with Crippen molar-refractivity contribution in [3.63, 3.8) is 0 Å². The molecule has 0 saturated heterocycles. The summed E-state index contributed by atoms with van der Waals surface area (Å²) in [6.45, 7) is 3.95. The average Bonchev–Trinajstić information content (AvgIpc) is 2.31. The average molecular weight is 222 g/mol. The molecular weight excluding hydrogens is 200 g/mol. The molecule has 0 aliphatic heterocycles. The Hall–Kier alpha value is -0.920. The van der Waals surface area contributed by atoms with Crippen molar-refractivity contribution in [3.8, 4) is 0 Å². The Morgan fingerprint density at radius 2 is 2.12 bits per heavy atom. The standard InChI is InChI=1S/C14H22O2/c1-3-5-7-10-14(12(15)4-2)11-8-6-9-13(14)16/h7,10H,3-6,8-9,11H2,1-2H3/b10-7+. The van der Waals surface area contributed by atoms with E-state index in [1.807, 2.05) is 19.1 Å². The van der Waals surface area contributed by atoms with Gasteiger partial charge in [-0.2, -0.15) is 0 Å². The molecule has 1 unspecified atom stereocenters. The number of carbonyl (C=O) groups is 2. The number of ketones is 2. The first-order valence-electron chi connectivity index (χ1n) is 6.41. The minimum absolute atomic E-state index is 0.101. The summed E-state index contributed by atoms with van der Waals surface area (Å²) in [5.41, 5.74) is -0.762. The largest absolute Gasteiger partial charge is 0.298 e. The summed E-state index contributed by atoms with van der Waals surface area (Å²) in [7, 11) is 0. The Kier molecular flexibility index (Phi) is 4.91. The van der Waals surface area contributed by atoms with Gasteiger partial charge in [-0.05, 0) is 19.3 Å². The van der Waals surface area contributed by atoms with Crippen LogP contribution in [0.2, 0.25) is 0 Å². The molecule has 0 bridgehead atoms. The molecule has 90 valence electrons. The summed E-state index contributed by atoms with van der Waals surface area (Å²) in [4.78, 5) is 24.1. The summed E-state index contributed by atoms with van der Waals surface area (Å²) >= 11 is 0. The lowest BCUT2D eigenvalue weighted by molar-refractivity contribution is -0.139. The Morgan fingerprint density at radius 1 is 1.38 bits per heavy atom. The zero-order valence-corrected chi connectivity index (χ0v) is 10.4. The highest BCUT2D eigenvalue weighted by Crippen LogP contribution is 2.36. The molecule has 0 spiro atoms. The molecule has 0 aromatic rings. The van der Waals surface area contributed by atoms with Gasteiger partial charge in [0, 0.05) is 12.8 Å². The monoisotopic (exact) mass is 222 g/mol. The number of unbranched alkanes of at least 4 members (excludes halogenated alkanes) is 1. The number of rotatable bonds is 5. The van der Waals surface area contributed by atoms with Gasteiger partial charge >= 0.3 is 0 Å². The van der Waals surface area contributed by atoms with Crippen LogP contribution in [-0.2, 0) is 9.59 Å². The minimum atomic E-state index is -0.762. The molecule has 0 heterocycles. The number of hydrogen-bond acceptors (Lipinski definition) is 2. The lowest BCUT2D eigenvalue weighted by Crippen LogP contribution is -2.39. The second kappa shape index (κ2) is 5.97. The zero-order valence-electron chi connectivity index (χ0n) is 10.4. The second-order valence-corrected chi connectivity index (χ2v) is 4.57. The van der Waals surface area contributed by atoms with Crippen molar-refractivity contribution < 1.29 is 9.59 Å².